The SMILES string of the molecule is CNC(=O)c1cc(-c2cccnc2)cc2c1OCCN2Cc1cccnc1. The quantitative estimate of drug-likeness (QED) is 0.775. The zero-order chi connectivity index (χ0) is 18.6. The summed E-state index contributed by atoms with van der Waals surface area (Å²) in [6, 6.07) is 11.8. The van der Waals surface area contributed by atoms with E-state index >= 15 is 0 Å². The van der Waals surface area contributed by atoms with Crippen LogP contribution in [0.4, 0.5) is 5.69 Å². The van der Waals surface area contributed by atoms with Gasteiger partial charge in [0.15, 0.2) is 5.75 Å². The third kappa shape index (κ3) is 3.46. The maximum atomic E-state index is 12.5. The van der Waals surface area contributed by atoms with Gasteiger partial charge in [-0.2, -0.15) is 0 Å². The van der Waals surface area contributed by atoms with Crippen molar-refractivity contribution < 1.29 is 9.53 Å². The Labute approximate surface area is 157 Å². The number of ether oxygens (including phenoxy) is 1. The number of rotatable bonds is 4. The van der Waals surface area contributed by atoms with Crippen LogP contribution in [0, 0.1) is 0 Å². The molecule has 0 saturated heterocycles. The highest BCUT2D eigenvalue weighted by Gasteiger charge is 2.25. The molecular weight excluding hydrogens is 340 g/mol. The highest BCUT2D eigenvalue weighted by molar-refractivity contribution is 6.00. The summed E-state index contributed by atoms with van der Waals surface area (Å²) in [5.41, 5.74) is 4.44. The summed E-state index contributed by atoms with van der Waals surface area (Å²) in [6.45, 7) is 1.98. The van der Waals surface area contributed by atoms with Gasteiger partial charge < -0.3 is 15.0 Å². The number of carbonyl (C=O) groups excluding carboxylic acids is 1. The molecule has 1 aliphatic rings. The van der Waals surface area contributed by atoms with Crippen LogP contribution in [-0.2, 0) is 6.54 Å². The molecule has 6 heteroatoms. The Morgan fingerprint density at radius 3 is 2.67 bits per heavy atom. The molecule has 1 N–H and O–H groups in total. The lowest BCUT2D eigenvalue weighted by molar-refractivity contribution is 0.0958. The van der Waals surface area contributed by atoms with E-state index in [4.69, 9.17) is 4.74 Å². The van der Waals surface area contributed by atoms with Crippen molar-refractivity contribution in [2.24, 2.45) is 0 Å². The van der Waals surface area contributed by atoms with Gasteiger partial charge in [-0.15, -0.1) is 0 Å². The fraction of sp³-hybridized carbons (Fsp3) is 0.190. The molecule has 0 aliphatic carbocycles. The number of hydrogen-bond acceptors (Lipinski definition) is 5. The molecule has 1 aromatic carbocycles. The highest BCUT2D eigenvalue weighted by Crippen LogP contribution is 2.39. The molecule has 0 bridgehead atoms. The maximum absolute atomic E-state index is 12.5. The lowest BCUT2D eigenvalue weighted by Crippen LogP contribution is -2.33. The van der Waals surface area contributed by atoms with E-state index < -0.39 is 0 Å². The van der Waals surface area contributed by atoms with Crippen molar-refractivity contribution in [3.63, 3.8) is 0 Å². The first kappa shape index (κ1) is 17.0. The van der Waals surface area contributed by atoms with Crippen LogP contribution in [0.5, 0.6) is 5.75 Å². The Morgan fingerprint density at radius 2 is 1.96 bits per heavy atom. The average Bonchev–Trinajstić information content (AvgIpc) is 2.74. The summed E-state index contributed by atoms with van der Waals surface area (Å²) in [5, 5.41) is 2.71. The zero-order valence-electron chi connectivity index (χ0n) is 15.1. The first-order chi connectivity index (χ1) is 13.3. The Balaban J connectivity index is 1.81. The number of anilines is 1. The van der Waals surface area contributed by atoms with Crippen molar-refractivity contribution in [3.05, 3.63) is 72.3 Å². The predicted octanol–water partition coefficient (Wildman–Crippen LogP) is 2.90. The second kappa shape index (κ2) is 7.45. The smallest absolute Gasteiger partial charge is 0.254 e. The summed E-state index contributed by atoms with van der Waals surface area (Å²) >= 11 is 0. The van der Waals surface area contributed by atoms with Crippen LogP contribution in [0.1, 0.15) is 15.9 Å². The first-order valence-electron chi connectivity index (χ1n) is 8.83. The largest absolute Gasteiger partial charge is 0.489 e. The molecular formula is C21H20N4O2. The molecule has 0 saturated carbocycles. The molecule has 0 spiro atoms. The second-order valence-electron chi connectivity index (χ2n) is 6.32. The molecule has 0 radical (unpaired) electrons. The molecule has 2 aromatic heterocycles. The number of hydrogen-bond donors (Lipinski definition) is 1. The lowest BCUT2D eigenvalue weighted by Gasteiger charge is -2.33. The minimum atomic E-state index is -0.166. The standard InChI is InChI=1S/C21H20N4O2/c1-22-21(26)18-10-17(16-5-3-7-24-13-16)11-19-20(18)27-9-8-25(19)14-15-4-2-6-23-12-15/h2-7,10-13H,8-9,14H2,1H3,(H,22,26). The number of amides is 1. The van der Waals surface area contributed by atoms with E-state index in [0.29, 0.717) is 24.5 Å². The topological polar surface area (TPSA) is 67.3 Å². The molecule has 1 amide bonds. The van der Waals surface area contributed by atoms with Gasteiger partial charge in [0, 0.05) is 43.9 Å². The molecule has 1 aliphatic heterocycles. The van der Waals surface area contributed by atoms with Gasteiger partial charge in [0.05, 0.1) is 17.8 Å². The molecule has 0 fully saturated rings. The Morgan fingerprint density at radius 1 is 1.15 bits per heavy atom. The summed E-state index contributed by atoms with van der Waals surface area (Å²) in [4.78, 5) is 23.1. The summed E-state index contributed by atoms with van der Waals surface area (Å²) in [7, 11) is 1.63. The summed E-state index contributed by atoms with van der Waals surface area (Å²) < 4.78 is 5.90. The monoisotopic (exact) mass is 360 g/mol. The predicted molar refractivity (Wildman–Crippen MR) is 104 cm³/mol. The van der Waals surface area contributed by atoms with Crippen molar-refractivity contribution >= 4 is 11.6 Å². The van der Waals surface area contributed by atoms with Gasteiger partial charge in [-0.25, -0.2) is 0 Å². The summed E-state index contributed by atoms with van der Waals surface area (Å²) in [5.74, 6) is 0.456. The number of pyridine rings is 2. The number of aromatic nitrogens is 2. The second-order valence-corrected chi connectivity index (χ2v) is 6.32. The minimum Gasteiger partial charge on any atom is -0.489 e. The number of carbonyl (C=O) groups is 1. The molecule has 6 nitrogen and oxygen atoms in total. The number of nitrogens with zero attached hydrogens (tertiary/aromatic N) is 3. The molecule has 0 atom stereocenters. The van der Waals surface area contributed by atoms with Crippen molar-refractivity contribution in [2.45, 2.75) is 6.54 Å². The van der Waals surface area contributed by atoms with E-state index in [1.54, 1.807) is 25.6 Å². The van der Waals surface area contributed by atoms with E-state index in [2.05, 4.69) is 26.3 Å². The number of nitrogens with one attached hydrogen (secondary N) is 1. The maximum Gasteiger partial charge on any atom is 0.254 e. The molecule has 27 heavy (non-hydrogen) atoms. The van der Waals surface area contributed by atoms with Gasteiger partial charge in [-0.1, -0.05) is 12.1 Å². The average molecular weight is 360 g/mol. The third-order valence-corrected chi connectivity index (χ3v) is 4.58. The Kier molecular flexibility index (Phi) is 4.70. The highest BCUT2D eigenvalue weighted by atomic mass is 16.5. The van der Waals surface area contributed by atoms with Gasteiger partial charge in [0.1, 0.15) is 6.61 Å². The van der Waals surface area contributed by atoms with Gasteiger partial charge >= 0.3 is 0 Å². The van der Waals surface area contributed by atoms with E-state index in [1.807, 2.05) is 36.5 Å². The summed E-state index contributed by atoms with van der Waals surface area (Å²) in [6.07, 6.45) is 7.16. The van der Waals surface area contributed by atoms with E-state index in [1.165, 1.54) is 0 Å². The fourth-order valence-corrected chi connectivity index (χ4v) is 3.26. The van der Waals surface area contributed by atoms with Crippen molar-refractivity contribution in [3.8, 4) is 16.9 Å². The normalized spacial score (nSPS) is 12.9. The number of benzene rings is 1. The Bertz CT molecular complexity index is 945. The van der Waals surface area contributed by atoms with Crippen molar-refractivity contribution in [1.82, 2.24) is 15.3 Å². The minimum absolute atomic E-state index is 0.166. The van der Waals surface area contributed by atoms with Crippen LogP contribution in [0.25, 0.3) is 11.1 Å². The Hall–Kier alpha value is -3.41. The van der Waals surface area contributed by atoms with E-state index in [9.17, 15) is 4.79 Å². The van der Waals surface area contributed by atoms with Gasteiger partial charge in [0.25, 0.3) is 5.91 Å². The van der Waals surface area contributed by atoms with Crippen LogP contribution in [-0.4, -0.2) is 36.1 Å². The van der Waals surface area contributed by atoms with Crippen molar-refractivity contribution in [1.29, 1.82) is 0 Å². The van der Waals surface area contributed by atoms with Gasteiger partial charge in [0.2, 0.25) is 0 Å². The molecule has 0 unspecified atom stereocenters. The van der Waals surface area contributed by atoms with E-state index in [0.717, 1.165) is 28.9 Å². The molecule has 4 rings (SSSR count). The van der Waals surface area contributed by atoms with Gasteiger partial charge in [-0.3, -0.25) is 14.8 Å². The van der Waals surface area contributed by atoms with Gasteiger partial charge in [-0.05, 0) is 35.4 Å². The van der Waals surface area contributed by atoms with Crippen LogP contribution >= 0.6 is 0 Å². The zero-order valence-corrected chi connectivity index (χ0v) is 15.1. The lowest BCUT2D eigenvalue weighted by atomic mass is 10.00. The molecule has 136 valence electrons. The molecule has 3 aromatic rings. The van der Waals surface area contributed by atoms with Crippen LogP contribution in [0.2, 0.25) is 0 Å². The first-order valence-corrected chi connectivity index (χ1v) is 8.83. The molecule has 3 heterocycles. The van der Waals surface area contributed by atoms with Crippen LogP contribution in [0.15, 0.2) is 61.2 Å². The third-order valence-electron chi connectivity index (χ3n) is 4.58. The van der Waals surface area contributed by atoms with Crippen molar-refractivity contribution in [2.75, 3.05) is 25.1 Å². The number of fused-ring (bicyclic) bond motifs is 1. The van der Waals surface area contributed by atoms with E-state index in [-0.39, 0.29) is 5.91 Å². The fourth-order valence-electron chi connectivity index (χ4n) is 3.26. The van der Waals surface area contributed by atoms with Crippen LogP contribution in [0.3, 0.4) is 0 Å². The van der Waals surface area contributed by atoms with Crippen LogP contribution < -0.4 is 15.0 Å².